The van der Waals surface area contributed by atoms with Gasteiger partial charge in [-0.1, -0.05) is 0 Å². The van der Waals surface area contributed by atoms with E-state index in [0.717, 1.165) is 17.4 Å². The Kier molecular flexibility index (Phi) is 3.45. The van der Waals surface area contributed by atoms with Crippen LogP contribution in [-0.2, 0) is 11.3 Å². The number of nitrogens with two attached hydrogens (primary N) is 1. The molecule has 0 saturated heterocycles. The van der Waals surface area contributed by atoms with E-state index in [1.807, 2.05) is 19.3 Å². The molecule has 0 radical (unpaired) electrons. The Morgan fingerprint density at radius 1 is 1.52 bits per heavy atom. The molecule has 21 heavy (non-hydrogen) atoms. The van der Waals surface area contributed by atoms with Gasteiger partial charge in [0.05, 0.1) is 18.3 Å². The summed E-state index contributed by atoms with van der Waals surface area (Å²) < 4.78 is 6.84. The Morgan fingerprint density at radius 2 is 2.29 bits per heavy atom. The molecule has 1 heterocycles. The van der Waals surface area contributed by atoms with E-state index in [1.165, 1.54) is 12.8 Å². The van der Waals surface area contributed by atoms with Gasteiger partial charge in [0.25, 0.3) is 0 Å². The normalized spacial score (nSPS) is 14.4. The minimum Gasteiger partial charge on any atom is -0.495 e. The number of ether oxygens (including phenoxy) is 1. The average Bonchev–Trinajstić information content (AvgIpc) is 3.17. The van der Waals surface area contributed by atoms with E-state index in [-0.39, 0.29) is 12.5 Å². The molecule has 1 fully saturated rings. The van der Waals surface area contributed by atoms with E-state index in [9.17, 15) is 4.79 Å². The van der Waals surface area contributed by atoms with E-state index in [1.54, 1.807) is 22.8 Å². The molecule has 1 aliphatic carbocycles. The van der Waals surface area contributed by atoms with Crippen molar-refractivity contribution < 1.29 is 9.53 Å². The molecule has 0 atom stereocenters. The summed E-state index contributed by atoms with van der Waals surface area (Å²) in [5.41, 5.74) is 7.23. The first-order valence-electron chi connectivity index (χ1n) is 7.11. The molecule has 1 aromatic carbocycles. The third-order valence-electron chi connectivity index (χ3n) is 3.86. The quantitative estimate of drug-likeness (QED) is 0.846. The van der Waals surface area contributed by atoms with Gasteiger partial charge in [0, 0.05) is 31.2 Å². The van der Waals surface area contributed by atoms with Crippen LogP contribution in [0.15, 0.2) is 18.3 Å². The molecule has 0 unspecified atom stereocenters. The fraction of sp³-hybridized carbons (Fsp3) is 0.467. The molecule has 0 spiro atoms. The maximum atomic E-state index is 12.2. The minimum absolute atomic E-state index is 0.0784. The Bertz CT molecular complexity index is 676. The molecule has 6 nitrogen and oxygen atoms in total. The summed E-state index contributed by atoms with van der Waals surface area (Å²) in [7, 11) is 3.43. The van der Waals surface area contributed by atoms with Gasteiger partial charge in [-0.2, -0.15) is 5.10 Å². The summed E-state index contributed by atoms with van der Waals surface area (Å²) in [5, 5.41) is 5.32. The number of hydrogen-bond donors (Lipinski definition) is 1. The van der Waals surface area contributed by atoms with Gasteiger partial charge in [-0.05, 0) is 24.8 Å². The van der Waals surface area contributed by atoms with E-state index in [0.29, 0.717) is 17.4 Å². The van der Waals surface area contributed by atoms with Crippen molar-refractivity contribution in [3.63, 3.8) is 0 Å². The van der Waals surface area contributed by atoms with Crippen molar-refractivity contribution in [1.82, 2.24) is 14.7 Å². The standard InChI is InChI=1S/C15H20N4O2/c1-18(7-10-3-4-10)15(20)9-19-8-11-5-12(16)14(21-2)6-13(11)17-19/h5-6,8,10H,3-4,7,9,16H2,1-2H3. The van der Waals surface area contributed by atoms with Gasteiger partial charge in [0.1, 0.15) is 12.3 Å². The van der Waals surface area contributed by atoms with Crippen molar-refractivity contribution in [2.24, 2.45) is 5.92 Å². The maximum absolute atomic E-state index is 12.2. The lowest BCUT2D eigenvalue weighted by molar-refractivity contribution is -0.130. The van der Waals surface area contributed by atoms with E-state index in [4.69, 9.17) is 10.5 Å². The second-order valence-electron chi connectivity index (χ2n) is 5.70. The number of carbonyl (C=O) groups excluding carboxylic acids is 1. The summed E-state index contributed by atoms with van der Waals surface area (Å²) in [6.45, 7) is 1.10. The Hall–Kier alpha value is -2.24. The largest absolute Gasteiger partial charge is 0.495 e. The lowest BCUT2D eigenvalue weighted by atomic mass is 10.2. The molecule has 2 aromatic rings. The number of nitrogens with zero attached hydrogens (tertiary/aromatic N) is 3. The highest BCUT2D eigenvalue weighted by molar-refractivity contribution is 5.85. The van der Waals surface area contributed by atoms with Crippen LogP contribution >= 0.6 is 0 Å². The third-order valence-corrected chi connectivity index (χ3v) is 3.86. The summed E-state index contributed by atoms with van der Waals surface area (Å²) in [6.07, 6.45) is 4.32. The van der Waals surface area contributed by atoms with Gasteiger partial charge >= 0.3 is 0 Å². The fourth-order valence-corrected chi connectivity index (χ4v) is 2.43. The van der Waals surface area contributed by atoms with Crippen molar-refractivity contribution in [3.8, 4) is 5.75 Å². The van der Waals surface area contributed by atoms with Crippen LogP contribution in [0.2, 0.25) is 0 Å². The van der Waals surface area contributed by atoms with Gasteiger partial charge in [0.2, 0.25) is 5.91 Å². The van der Waals surface area contributed by atoms with Gasteiger partial charge in [0.15, 0.2) is 0 Å². The van der Waals surface area contributed by atoms with E-state index in [2.05, 4.69) is 5.10 Å². The van der Waals surface area contributed by atoms with Crippen molar-refractivity contribution in [3.05, 3.63) is 18.3 Å². The lowest BCUT2D eigenvalue weighted by Gasteiger charge is -2.16. The lowest BCUT2D eigenvalue weighted by Crippen LogP contribution is -2.32. The summed E-state index contributed by atoms with van der Waals surface area (Å²) in [4.78, 5) is 13.9. The first kappa shape index (κ1) is 13.7. The molecular weight excluding hydrogens is 268 g/mol. The number of nitrogen functional groups attached to an aromatic ring is 1. The molecule has 1 aromatic heterocycles. The van der Waals surface area contributed by atoms with Crippen LogP contribution < -0.4 is 10.5 Å². The number of likely N-dealkylation sites (N-methyl/N-ethyl adjacent to an activating group) is 1. The van der Waals surface area contributed by atoms with Crippen LogP contribution in [0.1, 0.15) is 12.8 Å². The first-order chi connectivity index (χ1) is 10.1. The zero-order chi connectivity index (χ0) is 15.0. The van der Waals surface area contributed by atoms with Crippen LogP contribution in [0.4, 0.5) is 5.69 Å². The van der Waals surface area contributed by atoms with Crippen LogP contribution in [-0.4, -0.2) is 41.3 Å². The number of anilines is 1. The van der Waals surface area contributed by atoms with Crippen molar-refractivity contribution in [1.29, 1.82) is 0 Å². The monoisotopic (exact) mass is 288 g/mol. The maximum Gasteiger partial charge on any atom is 0.244 e. The van der Waals surface area contributed by atoms with Crippen LogP contribution in [0.25, 0.3) is 10.9 Å². The zero-order valence-corrected chi connectivity index (χ0v) is 12.4. The second kappa shape index (κ2) is 5.27. The minimum atomic E-state index is 0.0784. The Morgan fingerprint density at radius 3 is 2.95 bits per heavy atom. The highest BCUT2D eigenvalue weighted by atomic mass is 16.5. The number of amides is 1. The van der Waals surface area contributed by atoms with Crippen molar-refractivity contribution in [2.45, 2.75) is 19.4 Å². The molecule has 3 rings (SSSR count). The summed E-state index contributed by atoms with van der Waals surface area (Å²) in [6, 6.07) is 3.61. The number of aromatic nitrogens is 2. The van der Waals surface area contributed by atoms with Crippen LogP contribution in [0.3, 0.4) is 0 Å². The van der Waals surface area contributed by atoms with Gasteiger partial charge in [-0.3, -0.25) is 9.48 Å². The van der Waals surface area contributed by atoms with Gasteiger partial charge < -0.3 is 15.4 Å². The molecular formula is C15H20N4O2. The van der Waals surface area contributed by atoms with Gasteiger partial charge in [-0.15, -0.1) is 0 Å². The number of benzene rings is 1. The molecule has 1 amide bonds. The molecule has 6 heteroatoms. The highest BCUT2D eigenvalue weighted by Crippen LogP contribution is 2.29. The average molecular weight is 288 g/mol. The molecule has 0 bridgehead atoms. The number of methoxy groups -OCH3 is 1. The number of hydrogen-bond acceptors (Lipinski definition) is 4. The summed E-state index contributed by atoms with van der Waals surface area (Å²) >= 11 is 0. The van der Waals surface area contributed by atoms with Crippen molar-refractivity contribution >= 4 is 22.5 Å². The highest BCUT2D eigenvalue weighted by Gasteiger charge is 2.24. The Balaban J connectivity index is 1.75. The van der Waals surface area contributed by atoms with Crippen molar-refractivity contribution in [2.75, 3.05) is 26.4 Å². The number of fused-ring (bicyclic) bond motifs is 1. The second-order valence-corrected chi connectivity index (χ2v) is 5.70. The third kappa shape index (κ3) is 2.94. The predicted molar refractivity (Wildman–Crippen MR) is 81.1 cm³/mol. The Labute approximate surface area is 123 Å². The van der Waals surface area contributed by atoms with E-state index >= 15 is 0 Å². The first-order valence-corrected chi connectivity index (χ1v) is 7.11. The summed E-state index contributed by atoms with van der Waals surface area (Å²) in [5.74, 6) is 1.37. The topological polar surface area (TPSA) is 73.4 Å². The molecule has 1 saturated carbocycles. The molecule has 112 valence electrons. The predicted octanol–water partition coefficient (Wildman–Crippen LogP) is 1.50. The smallest absolute Gasteiger partial charge is 0.244 e. The van der Waals surface area contributed by atoms with Crippen LogP contribution in [0.5, 0.6) is 5.75 Å². The van der Waals surface area contributed by atoms with Crippen LogP contribution in [0, 0.1) is 5.92 Å². The van der Waals surface area contributed by atoms with Gasteiger partial charge in [-0.25, -0.2) is 0 Å². The fourth-order valence-electron chi connectivity index (χ4n) is 2.43. The zero-order valence-electron chi connectivity index (χ0n) is 12.4. The molecule has 2 N–H and O–H groups in total. The SMILES string of the molecule is COc1cc2nn(CC(=O)N(C)CC3CC3)cc2cc1N. The molecule has 1 aliphatic rings. The molecule has 0 aliphatic heterocycles. The number of carbonyl (C=O) groups is 1. The number of rotatable bonds is 5. The van der Waals surface area contributed by atoms with E-state index < -0.39 is 0 Å².